The third kappa shape index (κ3) is 6.91. The Hall–Kier alpha value is -2.43. The lowest BCUT2D eigenvalue weighted by molar-refractivity contribution is -0.117. The van der Waals surface area contributed by atoms with E-state index in [9.17, 15) is 4.79 Å². The summed E-state index contributed by atoms with van der Waals surface area (Å²) in [5, 5.41) is 7.99. The summed E-state index contributed by atoms with van der Waals surface area (Å²) in [5.41, 5.74) is 1.23. The van der Waals surface area contributed by atoms with E-state index in [0.717, 1.165) is 12.8 Å². The van der Waals surface area contributed by atoms with Gasteiger partial charge in [0.1, 0.15) is 11.5 Å². The maximum atomic E-state index is 11.1. The summed E-state index contributed by atoms with van der Waals surface area (Å²) in [5.74, 6) is 2.29. The molecule has 0 aliphatic rings. The van der Waals surface area contributed by atoms with Gasteiger partial charge in [0.2, 0.25) is 11.8 Å². The van der Waals surface area contributed by atoms with Crippen molar-refractivity contribution in [3.63, 3.8) is 0 Å². The van der Waals surface area contributed by atoms with Crippen molar-refractivity contribution < 1.29 is 14.3 Å². The summed E-state index contributed by atoms with van der Waals surface area (Å²) in [7, 11) is 0. The molecule has 0 spiro atoms. The normalized spacial score (nSPS) is 12.0. The van der Waals surface area contributed by atoms with Crippen LogP contribution in [0.2, 0.25) is 0 Å². The molecule has 0 radical (unpaired) electrons. The van der Waals surface area contributed by atoms with Crippen LogP contribution in [0, 0.1) is 5.92 Å². The fourth-order valence-corrected chi connectivity index (χ4v) is 2.52. The van der Waals surface area contributed by atoms with Gasteiger partial charge in [0.05, 0.1) is 6.10 Å². The van der Waals surface area contributed by atoms with Crippen molar-refractivity contribution >= 4 is 5.78 Å². The summed E-state index contributed by atoms with van der Waals surface area (Å²) >= 11 is 0. The SMILES string of the molecule is CC(=O)CC(C)CCc1ccc(Oc2ccc(OC(C)C)nn2)cc1. The van der Waals surface area contributed by atoms with Crippen molar-refractivity contribution in [1.82, 2.24) is 10.2 Å². The van der Waals surface area contributed by atoms with Crippen LogP contribution in [-0.4, -0.2) is 22.1 Å². The smallest absolute Gasteiger partial charge is 0.239 e. The highest BCUT2D eigenvalue weighted by Gasteiger charge is 2.07. The number of Topliss-reactive ketones (excluding diaryl/α,β-unsaturated/α-hetero) is 1. The van der Waals surface area contributed by atoms with E-state index < -0.39 is 0 Å². The van der Waals surface area contributed by atoms with Gasteiger partial charge in [-0.25, -0.2) is 0 Å². The second-order valence-corrected chi connectivity index (χ2v) is 6.67. The predicted octanol–water partition coefficient (Wildman–Crippen LogP) is 4.60. The summed E-state index contributed by atoms with van der Waals surface area (Å²) in [6.45, 7) is 7.64. The first-order chi connectivity index (χ1) is 11.9. The molecule has 134 valence electrons. The van der Waals surface area contributed by atoms with Gasteiger partial charge in [-0.05, 0) is 57.2 Å². The van der Waals surface area contributed by atoms with Gasteiger partial charge in [-0.1, -0.05) is 19.1 Å². The lowest BCUT2D eigenvalue weighted by atomic mass is 9.97. The van der Waals surface area contributed by atoms with Gasteiger partial charge in [-0.15, -0.1) is 10.2 Å². The Morgan fingerprint density at radius 3 is 2.20 bits per heavy atom. The zero-order valence-electron chi connectivity index (χ0n) is 15.4. The molecule has 0 aliphatic heterocycles. The molecule has 0 aliphatic carbocycles. The minimum absolute atomic E-state index is 0.0618. The number of hydrogen-bond donors (Lipinski definition) is 0. The van der Waals surface area contributed by atoms with E-state index in [-0.39, 0.29) is 11.9 Å². The van der Waals surface area contributed by atoms with Crippen molar-refractivity contribution in [1.29, 1.82) is 0 Å². The second-order valence-electron chi connectivity index (χ2n) is 6.67. The highest BCUT2D eigenvalue weighted by Crippen LogP contribution is 2.22. The molecule has 2 aromatic rings. The Bertz CT molecular complexity index is 666. The average molecular weight is 342 g/mol. The Labute approximate surface area is 149 Å². The third-order valence-electron chi connectivity index (χ3n) is 3.68. The van der Waals surface area contributed by atoms with Crippen LogP contribution in [0.1, 0.15) is 46.1 Å². The maximum Gasteiger partial charge on any atom is 0.239 e. The Balaban J connectivity index is 1.86. The van der Waals surface area contributed by atoms with E-state index in [2.05, 4.69) is 17.1 Å². The van der Waals surface area contributed by atoms with E-state index >= 15 is 0 Å². The molecule has 25 heavy (non-hydrogen) atoms. The van der Waals surface area contributed by atoms with Gasteiger partial charge >= 0.3 is 0 Å². The van der Waals surface area contributed by atoms with Crippen LogP contribution in [0.4, 0.5) is 0 Å². The molecule has 0 saturated carbocycles. The summed E-state index contributed by atoms with van der Waals surface area (Å²) in [6, 6.07) is 11.4. The third-order valence-corrected chi connectivity index (χ3v) is 3.68. The van der Waals surface area contributed by atoms with Crippen molar-refractivity contribution in [3.05, 3.63) is 42.0 Å². The van der Waals surface area contributed by atoms with E-state index in [1.54, 1.807) is 19.1 Å². The number of ketones is 1. The average Bonchev–Trinajstić information content (AvgIpc) is 2.55. The van der Waals surface area contributed by atoms with Crippen molar-refractivity contribution in [2.24, 2.45) is 5.92 Å². The van der Waals surface area contributed by atoms with Crippen LogP contribution in [0.5, 0.6) is 17.5 Å². The lowest BCUT2D eigenvalue weighted by Gasteiger charge is -2.10. The van der Waals surface area contributed by atoms with Gasteiger partial charge in [0, 0.05) is 18.6 Å². The molecule has 5 nitrogen and oxygen atoms in total. The number of aryl methyl sites for hydroxylation is 1. The van der Waals surface area contributed by atoms with Crippen LogP contribution in [0.3, 0.4) is 0 Å². The van der Waals surface area contributed by atoms with E-state index in [0.29, 0.717) is 29.8 Å². The number of carbonyl (C=O) groups is 1. The van der Waals surface area contributed by atoms with Crippen molar-refractivity contribution in [2.75, 3.05) is 0 Å². The Morgan fingerprint density at radius 1 is 1.00 bits per heavy atom. The van der Waals surface area contributed by atoms with Crippen LogP contribution in [-0.2, 0) is 11.2 Å². The predicted molar refractivity (Wildman–Crippen MR) is 97.1 cm³/mol. The quantitative estimate of drug-likeness (QED) is 0.666. The summed E-state index contributed by atoms with van der Waals surface area (Å²) < 4.78 is 11.2. The maximum absolute atomic E-state index is 11.1. The first-order valence-electron chi connectivity index (χ1n) is 8.69. The van der Waals surface area contributed by atoms with Crippen LogP contribution < -0.4 is 9.47 Å². The highest BCUT2D eigenvalue weighted by molar-refractivity contribution is 5.75. The lowest BCUT2D eigenvalue weighted by Crippen LogP contribution is -2.07. The number of carbonyl (C=O) groups excluding carboxylic acids is 1. The molecule has 0 amide bonds. The number of ether oxygens (including phenoxy) is 2. The molecule has 0 bridgehead atoms. The monoisotopic (exact) mass is 342 g/mol. The number of nitrogens with zero attached hydrogens (tertiary/aromatic N) is 2. The Kier molecular flexibility index (Phi) is 6.92. The van der Waals surface area contributed by atoms with Crippen LogP contribution >= 0.6 is 0 Å². The molecule has 1 heterocycles. The van der Waals surface area contributed by atoms with Crippen LogP contribution in [0.15, 0.2) is 36.4 Å². The zero-order chi connectivity index (χ0) is 18.2. The minimum Gasteiger partial charge on any atom is -0.474 e. The minimum atomic E-state index is 0.0618. The molecular formula is C20H26N2O3. The van der Waals surface area contributed by atoms with Crippen LogP contribution in [0.25, 0.3) is 0 Å². The van der Waals surface area contributed by atoms with Gasteiger partial charge < -0.3 is 14.3 Å². The van der Waals surface area contributed by atoms with Crippen molar-refractivity contribution in [3.8, 4) is 17.5 Å². The van der Waals surface area contributed by atoms with Crippen molar-refractivity contribution in [2.45, 2.75) is 53.1 Å². The molecular weight excluding hydrogens is 316 g/mol. The zero-order valence-corrected chi connectivity index (χ0v) is 15.4. The largest absolute Gasteiger partial charge is 0.474 e. The molecule has 1 atom stereocenters. The molecule has 0 saturated heterocycles. The summed E-state index contributed by atoms with van der Waals surface area (Å²) in [4.78, 5) is 11.1. The fourth-order valence-electron chi connectivity index (χ4n) is 2.52. The number of benzene rings is 1. The summed E-state index contributed by atoms with van der Waals surface area (Å²) in [6.07, 6.45) is 2.67. The van der Waals surface area contributed by atoms with E-state index in [1.165, 1.54) is 5.56 Å². The molecule has 1 aromatic carbocycles. The molecule has 2 rings (SSSR count). The number of rotatable bonds is 9. The first-order valence-corrected chi connectivity index (χ1v) is 8.69. The molecule has 1 unspecified atom stereocenters. The molecule has 1 aromatic heterocycles. The fraction of sp³-hybridized carbons (Fsp3) is 0.450. The van der Waals surface area contributed by atoms with Gasteiger partial charge in [0.25, 0.3) is 0 Å². The molecule has 0 N–H and O–H groups in total. The highest BCUT2D eigenvalue weighted by atomic mass is 16.5. The Morgan fingerprint density at radius 2 is 1.64 bits per heavy atom. The van der Waals surface area contributed by atoms with E-state index in [4.69, 9.17) is 9.47 Å². The number of aromatic nitrogens is 2. The van der Waals surface area contributed by atoms with E-state index in [1.807, 2.05) is 38.1 Å². The topological polar surface area (TPSA) is 61.3 Å². The molecule has 0 fully saturated rings. The van der Waals surface area contributed by atoms with Gasteiger partial charge in [0.15, 0.2) is 0 Å². The molecule has 5 heteroatoms. The number of hydrogen-bond acceptors (Lipinski definition) is 5. The second kappa shape index (κ2) is 9.16. The van der Waals surface area contributed by atoms with Gasteiger partial charge in [-0.2, -0.15) is 0 Å². The standard InChI is InChI=1S/C20H26N2O3/c1-14(2)24-19-11-12-20(22-21-19)25-18-9-7-17(8-10-18)6-5-15(3)13-16(4)23/h7-12,14-15H,5-6,13H2,1-4H3. The van der Waals surface area contributed by atoms with Gasteiger partial charge in [-0.3, -0.25) is 0 Å². The first kappa shape index (κ1) is 18.9.